The van der Waals surface area contributed by atoms with E-state index in [0.29, 0.717) is 12.5 Å². The van der Waals surface area contributed by atoms with E-state index in [4.69, 9.17) is 10.5 Å². The number of ether oxygens (including phenoxy) is 1. The minimum atomic E-state index is 0.473. The molecule has 2 aromatic rings. The number of benzene rings is 2. The van der Waals surface area contributed by atoms with Crippen molar-refractivity contribution >= 4 is 21.6 Å². The first-order chi connectivity index (χ1) is 9.63. The standard InChI is InChI=1S/C17H20BrNO/c1-3-12(2)13-7-4-5-10-17(13)20-11-14-15(18)8-6-9-16(14)19/h4-10,12H,3,11,19H2,1-2H3. The highest BCUT2D eigenvalue weighted by Gasteiger charge is 2.11. The van der Waals surface area contributed by atoms with Crippen molar-refractivity contribution in [1.29, 1.82) is 0 Å². The summed E-state index contributed by atoms with van der Waals surface area (Å²) in [4.78, 5) is 0. The van der Waals surface area contributed by atoms with E-state index in [-0.39, 0.29) is 0 Å². The zero-order chi connectivity index (χ0) is 14.5. The van der Waals surface area contributed by atoms with Gasteiger partial charge in [0.2, 0.25) is 0 Å². The predicted octanol–water partition coefficient (Wildman–Crippen LogP) is 5.12. The number of anilines is 1. The Kier molecular flexibility index (Phi) is 5.07. The van der Waals surface area contributed by atoms with E-state index in [1.165, 1.54) is 5.56 Å². The highest BCUT2D eigenvalue weighted by molar-refractivity contribution is 9.10. The molecule has 0 aliphatic rings. The Morgan fingerprint density at radius 1 is 1.15 bits per heavy atom. The largest absolute Gasteiger partial charge is 0.488 e. The average molecular weight is 334 g/mol. The van der Waals surface area contributed by atoms with Gasteiger partial charge in [0.25, 0.3) is 0 Å². The van der Waals surface area contributed by atoms with Crippen LogP contribution in [0.15, 0.2) is 46.9 Å². The molecule has 0 aromatic heterocycles. The fourth-order valence-corrected chi connectivity index (χ4v) is 2.61. The van der Waals surface area contributed by atoms with Gasteiger partial charge in [0.1, 0.15) is 12.4 Å². The molecule has 2 nitrogen and oxygen atoms in total. The van der Waals surface area contributed by atoms with Crippen molar-refractivity contribution in [3.05, 3.63) is 58.1 Å². The van der Waals surface area contributed by atoms with Crippen LogP contribution >= 0.6 is 15.9 Å². The van der Waals surface area contributed by atoms with Gasteiger partial charge in [0.05, 0.1) is 0 Å². The van der Waals surface area contributed by atoms with Gasteiger partial charge in [0.15, 0.2) is 0 Å². The quantitative estimate of drug-likeness (QED) is 0.770. The highest BCUT2D eigenvalue weighted by Crippen LogP contribution is 2.30. The Morgan fingerprint density at radius 2 is 1.90 bits per heavy atom. The average Bonchev–Trinajstić information content (AvgIpc) is 2.46. The van der Waals surface area contributed by atoms with Crippen molar-refractivity contribution in [3.8, 4) is 5.75 Å². The zero-order valence-electron chi connectivity index (χ0n) is 11.9. The summed E-state index contributed by atoms with van der Waals surface area (Å²) in [6.07, 6.45) is 1.09. The van der Waals surface area contributed by atoms with Crippen LogP contribution in [0.1, 0.15) is 37.3 Å². The molecule has 1 atom stereocenters. The molecule has 0 spiro atoms. The summed E-state index contributed by atoms with van der Waals surface area (Å²) in [6, 6.07) is 14.0. The monoisotopic (exact) mass is 333 g/mol. The maximum absolute atomic E-state index is 6.00. The van der Waals surface area contributed by atoms with Gasteiger partial charge in [-0.2, -0.15) is 0 Å². The molecule has 0 amide bonds. The van der Waals surface area contributed by atoms with Gasteiger partial charge in [0, 0.05) is 15.7 Å². The molecule has 0 aliphatic carbocycles. The smallest absolute Gasteiger partial charge is 0.123 e. The van der Waals surface area contributed by atoms with Crippen LogP contribution in [0.2, 0.25) is 0 Å². The minimum Gasteiger partial charge on any atom is -0.488 e. The summed E-state index contributed by atoms with van der Waals surface area (Å²) in [5, 5.41) is 0. The van der Waals surface area contributed by atoms with Crippen molar-refractivity contribution in [3.63, 3.8) is 0 Å². The molecule has 106 valence electrons. The van der Waals surface area contributed by atoms with Crippen molar-refractivity contribution < 1.29 is 4.74 Å². The lowest BCUT2D eigenvalue weighted by molar-refractivity contribution is 0.301. The zero-order valence-corrected chi connectivity index (χ0v) is 13.5. The first kappa shape index (κ1) is 14.9. The molecule has 0 saturated heterocycles. The predicted molar refractivity (Wildman–Crippen MR) is 88.0 cm³/mol. The number of halogens is 1. The first-order valence-electron chi connectivity index (χ1n) is 6.88. The number of rotatable bonds is 5. The summed E-state index contributed by atoms with van der Waals surface area (Å²) in [7, 11) is 0. The van der Waals surface area contributed by atoms with Crippen LogP contribution in [0.5, 0.6) is 5.75 Å². The molecule has 2 N–H and O–H groups in total. The third-order valence-electron chi connectivity index (χ3n) is 3.59. The number of nitrogens with two attached hydrogens (primary N) is 1. The van der Waals surface area contributed by atoms with Gasteiger partial charge in [-0.05, 0) is 36.1 Å². The SMILES string of the molecule is CCC(C)c1ccccc1OCc1c(N)cccc1Br. The summed E-state index contributed by atoms with van der Waals surface area (Å²) in [6.45, 7) is 4.88. The molecule has 0 fully saturated rings. The van der Waals surface area contributed by atoms with Crippen LogP contribution in [-0.2, 0) is 6.61 Å². The van der Waals surface area contributed by atoms with Crippen LogP contribution in [0.25, 0.3) is 0 Å². The van der Waals surface area contributed by atoms with E-state index in [0.717, 1.165) is 27.9 Å². The molecule has 0 bridgehead atoms. The van der Waals surface area contributed by atoms with E-state index >= 15 is 0 Å². The van der Waals surface area contributed by atoms with E-state index in [2.05, 4.69) is 41.9 Å². The lowest BCUT2D eigenvalue weighted by Crippen LogP contribution is -2.04. The lowest BCUT2D eigenvalue weighted by Gasteiger charge is -2.16. The van der Waals surface area contributed by atoms with Crippen LogP contribution in [0.4, 0.5) is 5.69 Å². The highest BCUT2D eigenvalue weighted by atomic mass is 79.9. The Balaban J connectivity index is 2.19. The van der Waals surface area contributed by atoms with Gasteiger partial charge in [-0.25, -0.2) is 0 Å². The fraction of sp³-hybridized carbons (Fsp3) is 0.294. The molecule has 3 heteroatoms. The van der Waals surface area contributed by atoms with Gasteiger partial charge >= 0.3 is 0 Å². The lowest BCUT2D eigenvalue weighted by atomic mass is 9.98. The van der Waals surface area contributed by atoms with Crippen LogP contribution in [0.3, 0.4) is 0 Å². The normalized spacial score (nSPS) is 12.2. The molecule has 0 heterocycles. The van der Waals surface area contributed by atoms with Crippen LogP contribution in [-0.4, -0.2) is 0 Å². The van der Waals surface area contributed by atoms with E-state index in [9.17, 15) is 0 Å². The van der Waals surface area contributed by atoms with E-state index in [1.807, 2.05) is 30.3 Å². The molecule has 0 saturated carbocycles. The van der Waals surface area contributed by atoms with Crippen molar-refractivity contribution in [2.45, 2.75) is 32.8 Å². The number of hydrogen-bond acceptors (Lipinski definition) is 2. The number of hydrogen-bond donors (Lipinski definition) is 1. The molecule has 0 radical (unpaired) electrons. The Morgan fingerprint density at radius 3 is 2.60 bits per heavy atom. The fourth-order valence-electron chi connectivity index (χ4n) is 2.12. The first-order valence-corrected chi connectivity index (χ1v) is 7.67. The molecule has 1 unspecified atom stereocenters. The molecular weight excluding hydrogens is 314 g/mol. The Bertz CT molecular complexity index is 563. The number of para-hydroxylation sites is 1. The second-order valence-corrected chi connectivity index (χ2v) is 5.80. The summed E-state index contributed by atoms with van der Waals surface area (Å²) in [5.74, 6) is 1.43. The number of nitrogen functional groups attached to an aromatic ring is 1. The minimum absolute atomic E-state index is 0.473. The Labute approximate surface area is 129 Å². The van der Waals surface area contributed by atoms with E-state index in [1.54, 1.807) is 0 Å². The Hall–Kier alpha value is -1.48. The van der Waals surface area contributed by atoms with Gasteiger partial charge in [-0.15, -0.1) is 0 Å². The summed E-state index contributed by atoms with van der Waals surface area (Å²) in [5.41, 5.74) is 8.99. The molecule has 2 aromatic carbocycles. The van der Waals surface area contributed by atoms with Crippen LogP contribution in [0, 0.1) is 0 Å². The van der Waals surface area contributed by atoms with Crippen molar-refractivity contribution in [1.82, 2.24) is 0 Å². The topological polar surface area (TPSA) is 35.2 Å². The van der Waals surface area contributed by atoms with Crippen LogP contribution < -0.4 is 10.5 Å². The second-order valence-electron chi connectivity index (χ2n) is 4.94. The van der Waals surface area contributed by atoms with Crippen molar-refractivity contribution in [2.75, 3.05) is 5.73 Å². The molecule has 20 heavy (non-hydrogen) atoms. The van der Waals surface area contributed by atoms with Gasteiger partial charge < -0.3 is 10.5 Å². The van der Waals surface area contributed by atoms with Gasteiger partial charge in [-0.1, -0.05) is 54.0 Å². The summed E-state index contributed by atoms with van der Waals surface area (Å²) < 4.78 is 6.98. The van der Waals surface area contributed by atoms with Gasteiger partial charge in [-0.3, -0.25) is 0 Å². The maximum atomic E-state index is 6.00. The van der Waals surface area contributed by atoms with Crippen molar-refractivity contribution in [2.24, 2.45) is 0 Å². The molecule has 0 aliphatic heterocycles. The third-order valence-corrected chi connectivity index (χ3v) is 4.33. The van der Waals surface area contributed by atoms with E-state index < -0.39 is 0 Å². The molecule has 2 rings (SSSR count). The second kappa shape index (κ2) is 6.80. The third kappa shape index (κ3) is 3.34. The molecular formula is C17H20BrNO. The summed E-state index contributed by atoms with van der Waals surface area (Å²) >= 11 is 3.52. The maximum Gasteiger partial charge on any atom is 0.123 e.